The van der Waals surface area contributed by atoms with Crippen molar-refractivity contribution in [1.82, 2.24) is 9.97 Å². The first-order chi connectivity index (χ1) is 14.0. The molecular weight excluding hydrogens is 394 g/mol. The predicted molar refractivity (Wildman–Crippen MR) is 106 cm³/mol. The maximum absolute atomic E-state index is 12.5. The first-order valence-electron chi connectivity index (χ1n) is 8.81. The van der Waals surface area contributed by atoms with E-state index in [1.165, 1.54) is 18.3 Å². The monoisotopic (exact) mass is 411 g/mol. The van der Waals surface area contributed by atoms with Gasteiger partial charge >= 0.3 is 5.97 Å². The number of ether oxygens (including phenoxy) is 3. The summed E-state index contributed by atoms with van der Waals surface area (Å²) in [4.78, 5) is 33.9. The van der Waals surface area contributed by atoms with Crippen LogP contribution >= 0.6 is 11.3 Å². The van der Waals surface area contributed by atoms with E-state index in [-0.39, 0.29) is 6.79 Å². The lowest BCUT2D eigenvalue weighted by atomic mass is 10.2. The van der Waals surface area contributed by atoms with E-state index in [9.17, 15) is 9.59 Å². The highest BCUT2D eigenvalue weighted by atomic mass is 32.1. The highest BCUT2D eigenvalue weighted by Gasteiger charge is 2.24. The Labute approximate surface area is 170 Å². The molecule has 3 heterocycles. The number of benzene rings is 1. The number of aryl methyl sites for hydroxylation is 1. The maximum Gasteiger partial charge on any atom is 0.351 e. The molecule has 9 heteroatoms. The van der Waals surface area contributed by atoms with Gasteiger partial charge in [-0.2, -0.15) is 0 Å². The summed E-state index contributed by atoms with van der Waals surface area (Å²) in [6, 6.07) is 10.5. The van der Waals surface area contributed by atoms with Crippen LogP contribution in [0.4, 0.5) is 5.69 Å². The summed E-state index contributed by atoms with van der Waals surface area (Å²) in [6.07, 6.45) is 0.666. The molecule has 0 unspecified atom stereocenters. The van der Waals surface area contributed by atoms with Crippen molar-refractivity contribution in [3.05, 3.63) is 53.2 Å². The standard InChI is InChI=1S/C20H17N3O5S/c1-11-17(29-19(22-11)14-5-3-4-8-21-14)20(25)28-12(2)18(24)23-13-6-7-15-16(9-13)27-10-26-15/h3-9,12H,10H2,1-2H3,(H,23,24)/t12-/m0/s1. The summed E-state index contributed by atoms with van der Waals surface area (Å²) in [5, 5.41) is 3.32. The number of hydrogen-bond donors (Lipinski definition) is 1. The lowest BCUT2D eigenvalue weighted by Crippen LogP contribution is -2.29. The third-order valence-electron chi connectivity index (χ3n) is 4.16. The van der Waals surface area contributed by atoms with Gasteiger partial charge in [0.05, 0.1) is 11.4 Å². The average molecular weight is 411 g/mol. The number of aromatic nitrogens is 2. The Morgan fingerprint density at radius 1 is 1.21 bits per heavy atom. The highest BCUT2D eigenvalue weighted by molar-refractivity contribution is 7.17. The fourth-order valence-electron chi connectivity index (χ4n) is 2.67. The first kappa shape index (κ1) is 18.9. The fourth-order valence-corrected chi connectivity index (χ4v) is 3.60. The number of esters is 1. The minimum atomic E-state index is -0.993. The van der Waals surface area contributed by atoms with E-state index in [0.717, 1.165) is 0 Å². The number of hydrogen-bond acceptors (Lipinski definition) is 8. The van der Waals surface area contributed by atoms with Crippen LogP contribution in [-0.4, -0.2) is 34.7 Å². The molecule has 0 fully saturated rings. The number of fused-ring (bicyclic) bond motifs is 1. The van der Waals surface area contributed by atoms with Gasteiger partial charge in [0.25, 0.3) is 5.91 Å². The van der Waals surface area contributed by atoms with E-state index in [1.807, 2.05) is 12.1 Å². The van der Waals surface area contributed by atoms with Crippen LogP contribution in [-0.2, 0) is 9.53 Å². The van der Waals surface area contributed by atoms with E-state index in [4.69, 9.17) is 14.2 Å². The fraction of sp³-hybridized carbons (Fsp3) is 0.200. The topological polar surface area (TPSA) is 99.6 Å². The van der Waals surface area contributed by atoms with Crippen molar-refractivity contribution in [2.75, 3.05) is 12.1 Å². The van der Waals surface area contributed by atoms with Gasteiger partial charge in [0.1, 0.15) is 9.88 Å². The Bertz CT molecular complexity index is 1070. The zero-order valence-electron chi connectivity index (χ0n) is 15.7. The molecule has 29 heavy (non-hydrogen) atoms. The van der Waals surface area contributed by atoms with E-state index < -0.39 is 18.0 Å². The van der Waals surface area contributed by atoms with Crippen LogP contribution in [0.2, 0.25) is 0 Å². The number of nitrogens with zero attached hydrogens (tertiary/aromatic N) is 2. The molecule has 1 aliphatic heterocycles. The zero-order chi connectivity index (χ0) is 20.4. The van der Waals surface area contributed by atoms with E-state index >= 15 is 0 Å². The van der Waals surface area contributed by atoms with Gasteiger partial charge in [-0.3, -0.25) is 9.78 Å². The minimum Gasteiger partial charge on any atom is -0.454 e. The summed E-state index contributed by atoms with van der Waals surface area (Å²) in [6.45, 7) is 3.38. The van der Waals surface area contributed by atoms with Crippen LogP contribution in [0, 0.1) is 6.92 Å². The summed E-state index contributed by atoms with van der Waals surface area (Å²) >= 11 is 1.18. The SMILES string of the molecule is Cc1nc(-c2ccccn2)sc1C(=O)O[C@@H](C)C(=O)Nc1ccc2c(c1)OCO2. The number of nitrogens with one attached hydrogen (secondary N) is 1. The van der Waals surface area contributed by atoms with Gasteiger partial charge in [0.15, 0.2) is 17.6 Å². The van der Waals surface area contributed by atoms with Crippen molar-refractivity contribution >= 4 is 28.9 Å². The molecule has 0 saturated heterocycles. The molecule has 8 nitrogen and oxygen atoms in total. The Morgan fingerprint density at radius 3 is 2.83 bits per heavy atom. The summed E-state index contributed by atoms with van der Waals surface area (Å²) in [7, 11) is 0. The van der Waals surface area contributed by atoms with Crippen molar-refractivity contribution in [2.45, 2.75) is 20.0 Å². The molecule has 0 aliphatic carbocycles. The Hall–Kier alpha value is -3.46. The summed E-state index contributed by atoms with van der Waals surface area (Å²) < 4.78 is 15.9. The molecular formula is C20H17N3O5S. The van der Waals surface area contributed by atoms with Gasteiger partial charge in [-0.1, -0.05) is 6.07 Å². The minimum absolute atomic E-state index is 0.148. The smallest absolute Gasteiger partial charge is 0.351 e. The number of rotatable bonds is 5. The lowest BCUT2D eigenvalue weighted by molar-refractivity contribution is -0.123. The zero-order valence-corrected chi connectivity index (χ0v) is 16.5. The average Bonchev–Trinajstić information content (AvgIpc) is 3.34. The van der Waals surface area contributed by atoms with Crippen LogP contribution in [0.15, 0.2) is 42.6 Å². The molecule has 0 radical (unpaired) electrons. The largest absolute Gasteiger partial charge is 0.454 e. The molecule has 0 saturated carbocycles. The molecule has 0 spiro atoms. The van der Waals surface area contributed by atoms with Crippen LogP contribution < -0.4 is 14.8 Å². The van der Waals surface area contributed by atoms with Crippen molar-refractivity contribution < 1.29 is 23.8 Å². The normalized spacial score (nSPS) is 13.0. The summed E-state index contributed by atoms with van der Waals surface area (Å²) in [5.74, 6) is 0.112. The van der Waals surface area contributed by atoms with E-state index in [1.54, 1.807) is 37.4 Å². The molecule has 148 valence electrons. The van der Waals surface area contributed by atoms with E-state index in [2.05, 4.69) is 15.3 Å². The molecule has 3 aromatic rings. The molecule has 1 atom stereocenters. The lowest BCUT2D eigenvalue weighted by Gasteiger charge is -2.13. The molecule has 1 N–H and O–H groups in total. The van der Waals surface area contributed by atoms with Crippen LogP contribution in [0.5, 0.6) is 11.5 Å². The van der Waals surface area contributed by atoms with Crippen LogP contribution in [0.25, 0.3) is 10.7 Å². The number of thiazole rings is 1. The third-order valence-corrected chi connectivity index (χ3v) is 5.32. The second-order valence-electron chi connectivity index (χ2n) is 6.25. The maximum atomic E-state index is 12.5. The van der Waals surface area contributed by atoms with Crippen LogP contribution in [0.1, 0.15) is 22.3 Å². The van der Waals surface area contributed by atoms with Crippen molar-refractivity contribution in [3.8, 4) is 22.2 Å². The molecule has 0 bridgehead atoms. The molecule has 4 rings (SSSR count). The molecule has 2 aromatic heterocycles. The number of pyridine rings is 1. The quantitative estimate of drug-likeness (QED) is 0.642. The molecule has 1 amide bonds. The third kappa shape index (κ3) is 4.04. The van der Waals surface area contributed by atoms with Gasteiger partial charge < -0.3 is 19.5 Å². The Kier molecular flexibility index (Phi) is 5.13. The first-order valence-corrected chi connectivity index (χ1v) is 9.63. The number of carbonyl (C=O) groups excluding carboxylic acids is 2. The highest BCUT2D eigenvalue weighted by Crippen LogP contribution is 2.34. The van der Waals surface area contributed by atoms with E-state index in [0.29, 0.717) is 38.5 Å². The van der Waals surface area contributed by atoms with Gasteiger partial charge in [-0.25, -0.2) is 9.78 Å². The van der Waals surface area contributed by atoms with Crippen LogP contribution in [0.3, 0.4) is 0 Å². The second-order valence-corrected chi connectivity index (χ2v) is 7.25. The second kappa shape index (κ2) is 7.88. The van der Waals surface area contributed by atoms with Crippen molar-refractivity contribution in [1.29, 1.82) is 0 Å². The van der Waals surface area contributed by atoms with Gasteiger partial charge in [-0.15, -0.1) is 11.3 Å². The predicted octanol–water partition coefficient (Wildman–Crippen LogP) is 3.43. The summed E-state index contributed by atoms with van der Waals surface area (Å²) in [5.41, 5.74) is 1.73. The van der Waals surface area contributed by atoms with Crippen molar-refractivity contribution in [3.63, 3.8) is 0 Å². The number of amides is 1. The van der Waals surface area contributed by atoms with Crippen molar-refractivity contribution in [2.24, 2.45) is 0 Å². The molecule has 1 aromatic carbocycles. The van der Waals surface area contributed by atoms with Gasteiger partial charge in [0, 0.05) is 18.0 Å². The Balaban J connectivity index is 1.41. The Morgan fingerprint density at radius 2 is 2.03 bits per heavy atom. The van der Waals surface area contributed by atoms with Gasteiger partial charge in [0.2, 0.25) is 6.79 Å². The molecule has 1 aliphatic rings. The number of anilines is 1. The van der Waals surface area contributed by atoms with Gasteiger partial charge in [-0.05, 0) is 38.1 Å². The number of carbonyl (C=O) groups is 2.